The molecule has 176 valence electrons. The fourth-order valence-corrected chi connectivity index (χ4v) is 5.20. The molecule has 1 fully saturated rings. The van der Waals surface area contributed by atoms with E-state index >= 15 is 0 Å². The number of nitrogens with one attached hydrogen (secondary N) is 1. The summed E-state index contributed by atoms with van der Waals surface area (Å²) < 4.78 is 6.48. The molecule has 6 nitrogen and oxygen atoms in total. The lowest BCUT2D eigenvalue weighted by atomic mass is 10.1. The fourth-order valence-electron chi connectivity index (χ4n) is 4.19. The normalized spacial score (nSPS) is 15.8. The summed E-state index contributed by atoms with van der Waals surface area (Å²) in [5.74, 6) is 0.482. The maximum atomic E-state index is 12.9. The number of carbonyl (C=O) groups excluding carboxylic acids is 1. The van der Waals surface area contributed by atoms with Crippen molar-refractivity contribution in [3.63, 3.8) is 0 Å². The smallest absolute Gasteiger partial charge is 0.257 e. The second-order valence-electron chi connectivity index (χ2n) is 8.21. The van der Waals surface area contributed by atoms with Crippen LogP contribution in [0, 0.1) is 0 Å². The standard InChI is InChI=1S/C26H25N3O3S.ClH/c1-32-22-12-11-21(18-5-3-2-4-6-18)24-23(22)27-26(33-24)28-25(31)19-9-7-17(8-10-19)15-29-14-13-20(30)16-29;/h2-12,20,30H,13-16H2,1H3,(H,27,28,31);1H. The summed E-state index contributed by atoms with van der Waals surface area (Å²) in [4.78, 5) is 19.8. The van der Waals surface area contributed by atoms with Crippen LogP contribution in [0.15, 0.2) is 66.7 Å². The number of anilines is 1. The summed E-state index contributed by atoms with van der Waals surface area (Å²) in [6.07, 6.45) is 0.587. The highest BCUT2D eigenvalue weighted by Crippen LogP contribution is 2.39. The molecular weight excluding hydrogens is 470 g/mol. The van der Waals surface area contributed by atoms with Crippen LogP contribution < -0.4 is 10.1 Å². The number of β-amino-alcohol motifs (C(OH)–C–C–N with tert-alkyl or cyclic N) is 1. The van der Waals surface area contributed by atoms with E-state index in [-0.39, 0.29) is 24.4 Å². The van der Waals surface area contributed by atoms with Gasteiger partial charge in [0.1, 0.15) is 11.3 Å². The number of halogens is 1. The number of fused-ring (bicyclic) bond motifs is 1. The van der Waals surface area contributed by atoms with E-state index < -0.39 is 0 Å². The van der Waals surface area contributed by atoms with Crippen LogP contribution in [0.25, 0.3) is 21.3 Å². The lowest BCUT2D eigenvalue weighted by molar-refractivity contribution is 0.102. The first-order chi connectivity index (χ1) is 16.1. The summed E-state index contributed by atoms with van der Waals surface area (Å²) >= 11 is 1.44. The van der Waals surface area contributed by atoms with Gasteiger partial charge in [-0.15, -0.1) is 12.4 Å². The molecule has 3 aromatic carbocycles. The van der Waals surface area contributed by atoms with Crippen LogP contribution in [0.3, 0.4) is 0 Å². The lowest BCUT2D eigenvalue weighted by Crippen LogP contribution is -2.21. The molecule has 1 aliphatic heterocycles. The number of thiazole rings is 1. The predicted octanol–water partition coefficient (Wildman–Crippen LogP) is 5.21. The SMILES string of the molecule is COc1ccc(-c2ccccc2)c2sc(NC(=O)c3ccc(CN4CCC(O)C4)cc3)nc12.Cl. The summed E-state index contributed by atoms with van der Waals surface area (Å²) in [6, 6.07) is 21.7. The number of hydrogen-bond donors (Lipinski definition) is 2. The third-order valence-electron chi connectivity index (χ3n) is 5.90. The number of aliphatic hydroxyl groups is 1. The number of carbonyl (C=O) groups is 1. The van der Waals surface area contributed by atoms with Crippen molar-refractivity contribution in [1.29, 1.82) is 0 Å². The Morgan fingerprint density at radius 1 is 1.15 bits per heavy atom. The summed E-state index contributed by atoms with van der Waals surface area (Å²) in [6.45, 7) is 2.38. The minimum absolute atomic E-state index is 0. The maximum Gasteiger partial charge on any atom is 0.257 e. The Bertz CT molecular complexity index is 1280. The van der Waals surface area contributed by atoms with E-state index in [4.69, 9.17) is 4.74 Å². The Balaban J connectivity index is 0.00000274. The van der Waals surface area contributed by atoms with E-state index in [0.29, 0.717) is 23.0 Å². The van der Waals surface area contributed by atoms with E-state index in [1.807, 2.05) is 54.6 Å². The Hall–Kier alpha value is -2.97. The molecule has 0 radical (unpaired) electrons. The van der Waals surface area contributed by atoms with Crippen LogP contribution >= 0.6 is 23.7 Å². The number of benzene rings is 3. The zero-order valence-corrected chi connectivity index (χ0v) is 20.4. The van der Waals surface area contributed by atoms with Gasteiger partial charge in [0.15, 0.2) is 5.13 Å². The van der Waals surface area contributed by atoms with E-state index in [1.54, 1.807) is 7.11 Å². The van der Waals surface area contributed by atoms with Crippen LogP contribution in [0.2, 0.25) is 0 Å². The molecule has 1 unspecified atom stereocenters. The second kappa shape index (κ2) is 10.5. The molecule has 0 saturated carbocycles. The Labute approximate surface area is 208 Å². The van der Waals surface area contributed by atoms with E-state index in [9.17, 15) is 9.90 Å². The van der Waals surface area contributed by atoms with Crippen molar-refractivity contribution in [2.75, 3.05) is 25.5 Å². The minimum Gasteiger partial charge on any atom is -0.494 e. The van der Waals surface area contributed by atoms with Crippen LogP contribution in [0.5, 0.6) is 5.75 Å². The van der Waals surface area contributed by atoms with Crippen molar-refractivity contribution in [3.8, 4) is 16.9 Å². The maximum absolute atomic E-state index is 12.9. The van der Waals surface area contributed by atoms with Crippen molar-refractivity contribution >= 4 is 45.0 Å². The number of amides is 1. The van der Waals surface area contributed by atoms with Crippen LogP contribution in [0.1, 0.15) is 22.3 Å². The molecule has 5 rings (SSSR count). The molecule has 34 heavy (non-hydrogen) atoms. The number of likely N-dealkylation sites (tertiary alicyclic amines) is 1. The number of methoxy groups -OCH3 is 1. The van der Waals surface area contributed by atoms with Gasteiger partial charge in [-0.05, 0) is 41.8 Å². The first-order valence-electron chi connectivity index (χ1n) is 10.9. The monoisotopic (exact) mass is 495 g/mol. The third-order valence-corrected chi connectivity index (χ3v) is 6.91. The fraction of sp³-hybridized carbons (Fsp3) is 0.231. The first kappa shape index (κ1) is 24.2. The number of aliphatic hydroxyl groups excluding tert-OH is 1. The van der Waals surface area contributed by atoms with Crippen molar-refractivity contribution in [2.45, 2.75) is 19.1 Å². The Morgan fingerprint density at radius 3 is 2.59 bits per heavy atom. The number of nitrogens with zero attached hydrogens (tertiary/aromatic N) is 2. The zero-order chi connectivity index (χ0) is 22.8. The van der Waals surface area contributed by atoms with Crippen LogP contribution in [0.4, 0.5) is 5.13 Å². The van der Waals surface area contributed by atoms with E-state index in [1.165, 1.54) is 11.3 Å². The van der Waals surface area contributed by atoms with Gasteiger partial charge < -0.3 is 9.84 Å². The average Bonchev–Trinajstić information content (AvgIpc) is 3.45. The Kier molecular flexibility index (Phi) is 7.48. The van der Waals surface area contributed by atoms with Gasteiger partial charge in [0.2, 0.25) is 0 Å². The highest BCUT2D eigenvalue weighted by molar-refractivity contribution is 7.23. The summed E-state index contributed by atoms with van der Waals surface area (Å²) in [7, 11) is 1.62. The third kappa shape index (κ3) is 5.08. The molecule has 0 bridgehead atoms. The average molecular weight is 496 g/mol. The van der Waals surface area contributed by atoms with Gasteiger partial charge in [0.05, 0.1) is 17.9 Å². The van der Waals surface area contributed by atoms with Gasteiger partial charge in [0, 0.05) is 30.8 Å². The molecule has 1 atom stereocenters. The molecule has 1 aromatic heterocycles. The summed E-state index contributed by atoms with van der Waals surface area (Å²) in [5.41, 5.74) is 4.59. The van der Waals surface area contributed by atoms with Gasteiger partial charge in [-0.25, -0.2) is 4.98 Å². The summed E-state index contributed by atoms with van der Waals surface area (Å²) in [5, 5.41) is 13.2. The molecule has 2 heterocycles. The number of ether oxygens (including phenoxy) is 1. The molecular formula is C26H26ClN3O3S. The van der Waals surface area contributed by atoms with Crippen molar-refractivity contribution in [1.82, 2.24) is 9.88 Å². The van der Waals surface area contributed by atoms with Crippen LogP contribution in [-0.4, -0.2) is 47.2 Å². The predicted molar refractivity (Wildman–Crippen MR) is 139 cm³/mol. The molecule has 8 heteroatoms. The number of aromatic nitrogens is 1. The highest BCUT2D eigenvalue weighted by Gasteiger charge is 2.20. The first-order valence-corrected chi connectivity index (χ1v) is 11.8. The van der Waals surface area contributed by atoms with Crippen molar-refractivity contribution in [2.24, 2.45) is 0 Å². The van der Waals surface area contributed by atoms with Gasteiger partial charge in [-0.3, -0.25) is 15.0 Å². The lowest BCUT2D eigenvalue weighted by Gasteiger charge is -2.14. The molecule has 0 aliphatic carbocycles. The Morgan fingerprint density at radius 2 is 1.91 bits per heavy atom. The van der Waals surface area contributed by atoms with Gasteiger partial charge in [0.25, 0.3) is 5.91 Å². The highest BCUT2D eigenvalue weighted by atomic mass is 35.5. The quantitative estimate of drug-likeness (QED) is 0.384. The van der Waals surface area contributed by atoms with E-state index in [2.05, 4.69) is 27.3 Å². The topological polar surface area (TPSA) is 74.7 Å². The molecule has 4 aromatic rings. The van der Waals surface area contributed by atoms with E-state index in [0.717, 1.165) is 46.4 Å². The van der Waals surface area contributed by atoms with Crippen molar-refractivity contribution in [3.05, 3.63) is 77.9 Å². The van der Waals surface area contributed by atoms with Crippen molar-refractivity contribution < 1.29 is 14.6 Å². The number of hydrogen-bond acceptors (Lipinski definition) is 6. The molecule has 0 spiro atoms. The second-order valence-corrected chi connectivity index (χ2v) is 9.21. The molecule has 1 amide bonds. The molecule has 1 aliphatic rings. The molecule has 2 N–H and O–H groups in total. The number of rotatable bonds is 6. The zero-order valence-electron chi connectivity index (χ0n) is 18.7. The van der Waals surface area contributed by atoms with Crippen LogP contribution in [-0.2, 0) is 6.54 Å². The van der Waals surface area contributed by atoms with Gasteiger partial charge in [-0.1, -0.05) is 53.8 Å². The minimum atomic E-state index is -0.232. The van der Waals surface area contributed by atoms with Gasteiger partial charge in [-0.2, -0.15) is 0 Å². The van der Waals surface area contributed by atoms with Gasteiger partial charge >= 0.3 is 0 Å². The molecule has 1 saturated heterocycles. The largest absolute Gasteiger partial charge is 0.494 e.